The van der Waals surface area contributed by atoms with Gasteiger partial charge in [-0.05, 0) is 50.9 Å². The van der Waals surface area contributed by atoms with E-state index < -0.39 is 10.8 Å². The van der Waals surface area contributed by atoms with E-state index in [-0.39, 0.29) is 0 Å². The maximum Gasteiger partial charge on any atom is 0.191 e. The monoisotopic (exact) mass is 385 g/mol. The summed E-state index contributed by atoms with van der Waals surface area (Å²) in [6.07, 6.45) is 10.8. The average Bonchev–Trinajstić information content (AvgIpc) is 3.14. The van der Waals surface area contributed by atoms with Crippen LogP contribution < -0.4 is 10.6 Å². The van der Waals surface area contributed by atoms with Crippen molar-refractivity contribution in [3.8, 4) is 0 Å². The van der Waals surface area contributed by atoms with E-state index in [1.807, 2.05) is 14.0 Å². The zero-order valence-electron chi connectivity index (χ0n) is 17.0. The van der Waals surface area contributed by atoms with Gasteiger partial charge in [-0.25, -0.2) is 0 Å². The number of nitrogens with one attached hydrogen (secondary N) is 2. The molecule has 3 unspecified atom stereocenters. The Labute approximate surface area is 162 Å². The average molecular weight is 386 g/mol. The molecule has 5 nitrogen and oxygen atoms in total. The van der Waals surface area contributed by atoms with Crippen molar-refractivity contribution >= 4 is 16.8 Å². The number of hydrogen-bond donors (Lipinski definition) is 2. The SMILES string of the molecule is CCOCCC1(CNC(=NC)NC2CCCC(S(=O)CC)C2)CCCC1. The van der Waals surface area contributed by atoms with Crippen molar-refractivity contribution in [3.05, 3.63) is 0 Å². The van der Waals surface area contributed by atoms with Crippen LogP contribution in [0.3, 0.4) is 0 Å². The Morgan fingerprint density at radius 2 is 2.00 bits per heavy atom. The van der Waals surface area contributed by atoms with Crippen LogP contribution in [0.25, 0.3) is 0 Å². The molecular weight excluding hydrogens is 346 g/mol. The van der Waals surface area contributed by atoms with Gasteiger partial charge in [0, 0.05) is 54.7 Å². The highest BCUT2D eigenvalue weighted by molar-refractivity contribution is 7.85. The van der Waals surface area contributed by atoms with E-state index in [1.165, 1.54) is 25.7 Å². The fourth-order valence-corrected chi connectivity index (χ4v) is 5.83. The Bertz CT molecular complexity index is 464. The molecule has 2 aliphatic rings. The third kappa shape index (κ3) is 6.52. The summed E-state index contributed by atoms with van der Waals surface area (Å²) in [4.78, 5) is 4.45. The molecule has 0 saturated heterocycles. The van der Waals surface area contributed by atoms with Gasteiger partial charge in [-0.2, -0.15) is 0 Å². The minimum Gasteiger partial charge on any atom is -0.382 e. The van der Waals surface area contributed by atoms with Crippen molar-refractivity contribution in [1.29, 1.82) is 0 Å². The van der Waals surface area contributed by atoms with Crippen LogP contribution in [0.1, 0.15) is 71.6 Å². The van der Waals surface area contributed by atoms with Crippen molar-refractivity contribution in [1.82, 2.24) is 10.6 Å². The van der Waals surface area contributed by atoms with E-state index in [0.717, 1.165) is 63.6 Å². The Kier molecular flexibility index (Phi) is 9.40. The first-order valence-electron chi connectivity index (χ1n) is 10.5. The summed E-state index contributed by atoms with van der Waals surface area (Å²) in [7, 11) is 1.17. The first kappa shape index (κ1) is 21.7. The van der Waals surface area contributed by atoms with Crippen molar-refractivity contribution in [3.63, 3.8) is 0 Å². The number of ether oxygens (including phenoxy) is 1. The molecule has 0 aliphatic heterocycles. The summed E-state index contributed by atoms with van der Waals surface area (Å²) < 4.78 is 17.8. The Balaban J connectivity index is 1.83. The van der Waals surface area contributed by atoms with Gasteiger partial charge in [-0.15, -0.1) is 0 Å². The van der Waals surface area contributed by atoms with Crippen molar-refractivity contribution in [2.75, 3.05) is 32.6 Å². The van der Waals surface area contributed by atoms with Crippen molar-refractivity contribution < 1.29 is 8.95 Å². The normalized spacial score (nSPS) is 27.3. The summed E-state index contributed by atoms with van der Waals surface area (Å²) in [6.45, 7) is 6.72. The lowest BCUT2D eigenvalue weighted by atomic mass is 9.83. The summed E-state index contributed by atoms with van der Waals surface area (Å²) in [5.41, 5.74) is 0.353. The summed E-state index contributed by atoms with van der Waals surface area (Å²) in [5, 5.41) is 7.53. The molecule has 6 heteroatoms. The molecule has 152 valence electrons. The lowest BCUT2D eigenvalue weighted by Crippen LogP contribution is -2.49. The smallest absolute Gasteiger partial charge is 0.191 e. The van der Waals surface area contributed by atoms with Crippen LogP contribution in [-0.4, -0.2) is 54.0 Å². The molecule has 0 spiro atoms. The molecule has 2 saturated carbocycles. The molecule has 0 aromatic rings. The predicted molar refractivity (Wildman–Crippen MR) is 111 cm³/mol. The van der Waals surface area contributed by atoms with Crippen LogP contribution in [0.5, 0.6) is 0 Å². The highest BCUT2D eigenvalue weighted by atomic mass is 32.2. The van der Waals surface area contributed by atoms with Gasteiger partial charge in [0.2, 0.25) is 0 Å². The maximum absolute atomic E-state index is 12.2. The summed E-state index contributed by atoms with van der Waals surface area (Å²) >= 11 is 0. The van der Waals surface area contributed by atoms with Crippen LogP contribution in [0.4, 0.5) is 0 Å². The summed E-state index contributed by atoms with van der Waals surface area (Å²) in [6, 6.07) is 0.387. The Morgan fingerprint density at radius 1 is 1.23 bits per heavy atom. The van der Waals surface area contributed by atoms with Gasteiger partial charge >= 0.3 is 0 Å². The molecule has 0 radical (unpaired) electrons. The largest absolute Gasteiger partial charge is 0.382 e. The highest BCUT2D eigenvalue weighted by Crippen LogP contribution is 2.40. The van der Waals surface area contributed by atoms with Crippen LogP contribution >= 0.6 is 0 Å². The Hall–Kier alpha value is -0.620. The molecule has 2 fully saturated rings. The molecule has 2 N–H and O–H groups in total. The van der Waals surface area contributed by atoms with E-state index in [0.29, 0.717) is 16.7 Å². The topological polar surface area (TPSA) is 62.7 Å². The summed E-state index contributed by atoms with van der Waals surface area (Å²) in [5.74, 6) is 1.67. The standard InChI is InChI=1S/C20H39N3O2S/c1-4-25-14-13-20(11-6-7-12-20)16-22-19(21-3)23-17-9-8-10-18(15-17)26(24)5-2/h17-18H,4-16H2,1-3H3,(H2,21,22,23). The minimum absolute atomic E-state index is 0.344. The van der Waals surface area contributed by atoms with E-state index >= 15 is 0 Å². The number of aliphatic imine (C=N–C) groups is 1. The Morgan fingerprint density at radius 3 is 2.65 bits per heavy atom. The van der Waals surface area contributed by atoms with Gasteiger partial charge in [0.25, 0.3) is 0 Å². The van der Waals surface area contributed by atoms with Crippen LogP contribution in [0.15, 0.2) is 4.99 Å². The molecule has 26 heavy (non-hydrogen) atoms. The molecule has 0 aromatic heterocycles. The minimum atomic E-state index is -0.682. The van der Waals surface area contributed by atoms with Crippen molar-refractivity contribution in [2.45, 2.75) is 82.9 Å². The molecule has 0 heterocycles. The van der Waals surface area contributed by atoms with Gasteiger partial charge < -0.3 is 15.4 Å². The fourth-order valence-electron chi connectivity index (χ4n) is 4.48. The quantitative estimate of drug-likeness (QED) is 0.363. The van der Waals surface area contributed by atoms with Gasteiger partial charge in [0.05, 0.1) is 0 Å². The number of rotatable bonds is 9. The maximum atomic E-state index is 12.2. The molecular formula is C20H39N3O2S. The van der Waals surface area contributed by atoms with E-state index in [4.69, 9.17) is 4.74 Å². The van der Waals surface area contributed by atoms with Crippen LogP contribution in [0, 0.1) is 5.41 Å². The van der Waals surface area contributed by atoms with E-state index in [1.54, 1.807) is 0 Å². The lowest BCUT2D eigenvalue weighted by molar-refractivity contribution is 0.105. The molecule has 3 atom stereocenters. The molecule has 0 bridgehead atoms. The third-order valence-corrected chi connectivity index (χ3v) is 7.86. The van der Waals surface area contributed by atoms with Gasteiger partial charge in [-0.3, -0.25) is 9.20 Å². The van der Waals surface area contributed by atoms with E-state index in [9.17, 15) is 4.21 Å². The van der Waals surface area contributed by atoms with Crippen LogP contribution in [0.2, 0.25) is 0 Å². The second-order valence-electron chi connectivity index (χ2n) is 7.88. The van der Waals surface area contributed by atoms with Crippen molar-refractivity contribution in [2.24, 2.45) is 10.4 Å². The van der Waals surface area contributed by atoms with E-state index in [2.05, 4.69) is 22.5 Å². The second kappa shape index (κ2) is 11.3. The number of hydrogen-bond acceptors (Lipinski definition) is 3. The molecule has 0 amide bonds. The molecule has 2 aliphatic carbocycles. The van der Waals surface area contributed by atoms with Gasteiger partial charge in [0.15, 0.2) is 5.96 Å². The van der Waals surface area contributed by atoms with Gasteiger partial charge in [0.1, 0.15) is 0 Å². The fraction of sp³-hybridized carbons (Fsp3) is 0.950. The predicted octanol–water partition coefficient (Wildman–Crippen LogP) is 3.22. The lowest BCUT2D eigenvalue weighted by Gasteiger charge is -2.33. The zero-order chi connectivity index (χ0) is 18.8. The molecule has 2 rings (SSSR count). The first-order chi connectivity index (χ1) is 12.6. The van der Waals surface area contributed by atoms with Crippen LogP contribution in [-0.2, 0) is 15.5 Å². The zero-order valence-corrected chi connectivity index (χ0v) is 17.8. The number of guanidine groups is 1. The third-order valence-electron chi connectivity index (χ3n) is 6.12. The first-order valence-corrected chi connectivity index (χ1v) is 11.9. The highest BCUT2D eigenvalue weighted by Gasteiger charge is 2.34. The van der Waals surface area contributed by atoms with Gasteiger partial charge in [-0.1, -0.05) is 26.2 Å². The molecule has 0 aromatic carbocycles. The number of nitrogens with zero attached hydrogens (tertiary/aromatic N) is 1. The second-order valence-corrected chi connectivity index (χ2v) is 9.88.